The average molecular weight is 280 g/mol. The fourth-order valence-corrected chi connectivity index (χ4v) is 2.99. The summed E-state index contributed by atoms with van der Waals surface area (Å²) in [7, 11) is 0. The van der Waals surface area contributed by atoms with Gasteiger partial charge in [-0.05, 0) is 31.4 Å². The maximum Gasteiger partial charge on any atom is 0.235 e. The lowest BCUT2D eigenvalue weighted by Crippen LogP contribution is -2.32. The Kier molecular flexibility index (Phi) is 3.21. The molecule has 19 heavy (non-hydrogen) atoms. The van der Waals surface area contributed by atoms with E-state index in [0.29, 0.717) is 29.7 Å². The molecule has 0 aromatic heterocycles. The summed E-state index contributed by atoms with van der Waals surface area (Å²) >= 11 is 6.32. The lowest BCUT2D eigenvalue weighted by Gasteiger charge is -2.38. The first kappa shape index (κ1) is 12.5. The highest BCUT2D eigenvalue weighted by Crippen LogP contribution is 2.53. The van der Waals surface area contributed by atoms with Gasteiger partial charge in [-0.2, -0.15) is 4.99 Å². The SMILES string of the molecule is O=C=NC1(c2c(Cl)ccc3c2OCCCO3)CCC1. The van der Waals surface area contributed by atoms with Gasteiger partial charge in [0.1, 0.15) is 5.54 Å². The largest absolute Gasteiger partial charge is 0.490 e. The van der Waals surface area contributed by atoms with Crippen LogP contribution in [0.25, 0.3) is 0 Å². The van der Waals surface area contributed by atoms with E-state index in [1.54, 1.807) is 12.1 Å². The Hall–Kier alpha value is -1.51. The van der Waals surface area contributed by atoms with Crippen molar-refractivity contribution >= 4 is 17.7 Å². The predicted molar refractivity (Wildman–Crippen MR) is 70.7 cm³/mol. The third kappa shape index (κ3) is 2.01. The standard InChI is InChI=1S/C14H14ClNO3/c15-10-3-4-11-13(19-8-2-7-18-11)12(10)14(16-9-17)5-1-6-14/h3-4H,1-2,5-8H2. The van der Waals surface area contributed by atoms with Gasteiger partial charge < -0.3 is 9.47 Å². The predicted octanol–water partition coefficient (Wildman–Crippen LogP) is 3.22. The molecule has 1 aliphatic heterocycles. The molecular formula is C14H14ClNO3. The summed E-state index contributed by atoms with van der Waals surface area (Å²) in [5.74, 6) is 1.33. The Morgan fingerprint density at radius 2 is 2.00 bits per heavy atom. The molecule has 0 saturated heterocycles. The molecule has 3 rings (SSSR count). The van der Waals surface area contributed by atoms with Crippen molar-refractivity contribution in [3.63, 3.8) is 0 Å². The molecule has 0 bridgehead atoms. The number of rotatable bonds is 2. The van der Waals surface area contributed by atoms with Crippen molar-refractivity contribution in [1.82, 2.24) is 0 Å². The van der Waals surface area contributed by atoms with Crippen molar-refractivity contribution in [2.24, 2.45) is 4.99 Å². The zero-order chi connectivity index (χ0) is 13.3. The number of aliphatic imine (C=N–C) groups is 1. The first-order valence-electron chi connectivity index (χ1n) is 6.44. The highest BCUT2D eigenvalue weighted by Gasteiger charge is 2.43. The molecule has 1 saturated carbocycles. The van der Waals surface area contributed by atoms with Crippen LogP contribution >= 0.6 is 11.6 Å². The monoisotopic (exact) mass is 279 g/mol. The van der Waals surface area contributed by atoms with Crippen molar-refractivity contribution in [1.29, 1.82) is 0 Å². The van der Waals surface area contributed by atoms with Crippen LogP contribution in [0.15, 0.2) is 17.1 Å². The summed E-state index contributed by atoms with van der Waals surface area (Å²) in [6, 6.07) is 3.59. The van der Waals surface area contributed by atoms with Gasteiger partial charge in [-0.25, -0.2) is 4.79 Å². The molecular weight excluding hydrogens is 266 g/mol. The summed E-state index contributed by atoms with van der Waals surface area (Å²) in [6.07, 6.45) is 5.11. The van der Waals surface area contributed by atoms with Crippen molar-refractivity contribution in [3.8, 4) is 11.5 Å². The number of nitrogens with zero attached hydrogens (tertiary/aromatic N) is 1. The van der Waals surface area contributed by atoms with Crippen molar-refractivity contribution in [2.45, 2.75) is 31.2 Å². The van der Waals surface area contributed by atoms with Gasteiger partial charge in [0.25, 0.3) is 0 Å². The highest BCUT2D eigenvalue weighted by atomic mass is 35.5. The lowest BCUT2D eigenvalue weighted by molar-refractivity contribution is 0.238. The molecule has 0 N–H and O–H groups in total. The zero-order valence-electron chi connectivity index (χ0n) is 10.4. The topological polar surface area (TPSA) is 47.9 Å². The number of isocyanates is 1. The molecule has 1 heterocycles. The van der Waals surface area contributed by atoms with E-state index in [2.05, 4.69) is 4.99 Å². The summed E-state index contributed by atoms with van der Waals surface area (Å²) in [5, 5.41) is 0.572. The molecule has 1 aromatic carbocycles. The van der Waals surface area contributed by atoms with Gasteiger partial charge in [-0.3, -0.25) is 0 Å². The normalized spacial score (nSPS) is 19.8. The van der Waals surface area contributed by atoms with Crippen molar-refractivity contribution < 1.29 is 14.3 Å². The van der Waals surface area contributed by atoms with Crippen LogP contribution in [-0.4, -0.2) is 19.3 Å². The van der Waals surface area contributed by atoms with E-state index < -0.39 is 5.54 Å². The minimum absolute atomic E-state index is 0.572. The molecule has 0 amide bonds. The smallest absolute Gasteiger partial charge is 0.235 e. The fraction of sp³-hybridized carbons (Fsp3) is 0.500. The van der Waals surface area contributed by atoms with Gasteiger partial charge in [-0.1, -0.05) is 11.6 Å². The molecule has 0 spiro atoms. The number of ether oxygens (including phenoxy) is 2. The van der Waals surface area contributed by atoms with Crippen LogP contribution in [0, 0.1) is 0 Å². The molecule has 0 unspecified atom stereocenters. The molecule has 5 heteroatoms. The second-order valence-electron chi connectivity index (χ2n) is 4.89. The van der Waals surface area contributed by atoms with Crippen LogP contribution in [0.3, 0.4) is 0 Å². The molecule has 1 aromatic rings. The number of benzene rings is 1. The second kappa shape index (κ2) is 4.87. The van der Waals surface area contributed by atoms with Crippen molar-refractivity contribution in [3.05, 3.63) is 22.7 Å². The van der Waals surface area contributed by atoms with Crippen LogP contribution in [0.5, 0.6) is 11.5 Å². The van der Waals surface area contributed by atoms with E-state index in [1.165, 1.54) is 0 Å². The maximum absolute atomic E-state index is 10.7. The van der Waals surface area contributed by atoms with E-state index in [0.717, 1.165) is 31.2 Å². The molecule has 1 aliphatic carbocycles. The minimum Gasteiger partial charge on any atom is -0.490 e. The number of carbonyl (C=O) groups excluding carboxylic acids is 1. The first-order valence-corrected chi connectivity index (χ1v) is 6.82. The molecule has 4 nitrogen and oxygen atoms in total. The summed E-state index contributed by atoms with van der Waals surface area (Å²) in [4.78, 5) is 14.7. The summed E-state index contributed by atoms with van der Waals surface area (Å²) in [6.45, 7) is 1.21. The van der Waals surface area contributed by atoms with Crippen LogP contribution in [0.1, 0.15) is 31.2 Å². The lowest BCUT2D eigenvalue weighted by atomic mass is 9.72. The highest BCUT2D eigenvalue weighted by molar-refractivity contribution is 6.31. The summed E-state index contributed by atoms with van der Waals surface area (Å²) < 4.78 is 11.5. The third-order valence-electron chi connectivity index (χ3n) is 3.77. The van der Waals surface area contributed by atoms with Gasteiger partial charge >= 0.3 is 0 Å². The molecule has 0 atom stereocenters. The first-order chi connectivity index (χ1) is 9.27. The van der Waals surface area contributed by atoms with E-state index >= 15 is 0 Å². The zero-order valence-corrected chi connectivity index (χ0v) is 11.2. The number of hydrogen-bond donors (Lipinski definition) is 0. The van der Waals surface area contributed by atoms with E-state index in [9.17, 15) is 4.79 Å². The van der Waals surface area contributed by atoms with Crippen LogP contribution in [0.2, 0.25) is 5.02 Å². The van der Waals surface area contributed by atoms with Crippen LogP contribution in [0.4, 0.5) is 0 Å². The van der Waals surface area contributed by atoms with Crippen LogP contribution in [-0.2, 0) is 10.3 Å². The Bertz CT molecular complexity index is 548. The van der Waals surface area contributed by atoms with Crippen molar-refractivity contribution in [2.75, 3.05) is 13.2 Å². The minimum atomic E-state index is -0.572. The van der Waals surface area contributed by atoms with E-state index in [4.69, 9.17) is 21.1 Å². The summed E-state index contributed by atoms with van der Waals surface area (Å²) in [5.41, 5.74) is 0.209. The Labute approximate surface area is 116 Å². The van der Waals surface area contributed by atoms with E-state index in [1.807, 2.05) is 6.07 Å². The fourth-order valence-electron chi connectivity index (χ4n) is 2.66. The molecule has 2 aliphatic rings. The van der Waals surface area contributed by atoms with Gasteiger partial charge in [0.2, 0.25) is 6.08 Å². The van der Waals surface area contributed by atoms with Gasteiger partial charge in [0.15, 0.2) is 11.5 Å². The number of halogens is 1. The Morgan fingerprint density at radius 1 is 1.21 bits per heavy atom. The van der Waals surface area contributed by atoms with Gasteiger partial charge in [-0.15, -0.1) is 0 Å². The van der Waals surface area contributed by atoms with E-state index in [-0.39, 0.29) is 0 Å². The molecule has 100 valence electrons. The Morgan fingerprint density at radius 3 is 2.68 bits per heavy atom. The quantitative estimate of drug-likeness (QED) is 0.617. The number of fused-ring (bicyclic) bond motifs is 1. The van der Waals surface area contributed by atoms with Gasteiger partial charge in [0.05, 0.1) is 18.2 Å². The number of hydrogen-bond acceptors (Lipinski definition) is 4. The van der Waals surface area contributed by atoms with Gasteiger partial charge in [0, 0.05) is 12.0 Å². The Balaban J connectivity index is 2.16. The molecule has 1 fully saturated rings. The average Bonchev–Trinajstić information content (AvgIpc) is 2.60. The molecule has 0 radical (unpaired) electrons. The van der Waals surface area contributed by atoms with Crippen LogP contribution < -0.4 is 9.47 Å². The maximum atomic E-state index is 10.7. The third-order valence-corrected chi connectivity index (χ3v) is 4.08. The second-order valence-corrected chi connectivity index (χ2v) is 5.30.